The number of aromatic nitrogens is 1. The lowest BCUT2D eigenvalue weighted by molar-refractivity contribution is -0.116. The molecule has 23 heavy (non-hydrogen) atoms. The lowest BCUT2D eigenvalue weighted by Gasteiger charge is -2.08. The van der Waals surface area contributed by atoms with Crippen LogP contribution >= 0.6 is 0 Å². The first-order valence-electron chi connectivity index (χ1n) is 7.74. The highest BCUT2D eigenvalue weighted by molar-refractivity contribution is 5.91. The number of anilines is 1. The molecule has 0 unspecified atom stereocenters. The number of rotatable bonds is 5. The van der Waals surface area contributed by atoms with E-state index in [1.165, 1.54) is 23.1 Å². The van der Waals surface area contributed by atoms with Crippen LogP contribution in [0.15, 0.2) is 48.7 Å². The molecule has 0 aliphatic rings. The molecule has 0 bridgehead atoms. The predicted molar refractivity (Wildman–Crippen MR) is 91.0 cm³/mol. The number of aromatic amines is 1. The van der Waals surface area contributed by atoms with Crippen molar-refractivity contribution in [3.63, 3.8) is 0 Å². The quantitative estimate of drug-likeness (QED) is 0.712. The molecular weight excluding hydrogens is 291 g/mol. The van der Waals surface area contributed by atoms with Gasteiger partial charge < -0.3 is 10.3 Å². The van der Waals surface area contributed by atoms with Crippen LogP contribution in [0, 0.1) is 12.7 Å². The van der Waals surface area contributed by atoms with Gasteiger partial charge in [-0.15, -0.1) is 0 Å². The molecule has 0 aliphatic heterocycles. The molecule has 1 aromatic heterocycles. The topological polar surface area (TPSA) is 44.9 Å². The Bertz CT molecular complexity index is 838. The summed E-state index contributed by atoms with van der Waals surface area (Å²) in [7, 11) is 0. The van der Waals surface area contributed by atoms with Crippen molar-refractivity contribution in [1.29, 1.82) is 0 Å². The van der Waals surface area contributed by atoms with Crippen molar-refractivity contribution in [3.05, 3.63) is 65.6 Å². The first kappa shape index (κ1) is 15.3. The second-order valence-corrected chi connectivity index (χ2v) is 5.72. The number of benzene rings is 2. The number of aryl methyl sites for hydroxylation is 2. The van der Waals surface area contributed by atoms with Crippen LogP contribution in [-0.4, -0.2) is 10.9 Å². The van der Waals surface area contributed by atoms with E-state index < -0.39 is 0 Å². The largest absolute Gasteiger partial charge is 0.361 e. The van der Waals surface area contributed by atoms with Crippen molar-refractivity contribution in [1.82, 2.24) is 4.98 Å². The molecule has 0 radical (unpaired) electrons. The molecule has 3 rings (SSSR count). The third-order valence-electron chi connectivity index (χ3n) is 3.99. The molecule has 2 N–H and O–H groups in total. The van der Waals surface area contributed by atoms with Gasteiger partial charge in [0.1, 0.15) is 5.82 Å². The van der Waals surface area contributed by atoms with Crippen LogP contribution in [0.5, 0.6) is 0 Å². The smallest absolute Gasteiger partial charge is 0.224 e. The number of carbonyl (C=O) groups excluding carboxylic acids is 1. The second kappa shape index (κ2) is 6.65. The fourth-order valence-electron chi connectivity index (χ4n) is 2.76. The summed E-state index contributed by atoms with van der Waals surface area (Å²) in [5, 5.41) is 4.05. The van der Waals surface area contributed by atoms with Gasteiger partial charge in [0.05, 0.1) is 0 Å². The minimum Gasteiger partial charge on any atom is -0.361 e. The summed E-state index contributed by atoms with van der Waals surface area (Å²) < 4.78 is 13.1. The van der Waals surface area contributed by atoms with Gasteiger partial charge in [-0.3, -0.25) is 4.79 Å². The highest BCUT2D eigenvalue weighted by Crippen LogP contribution is 2.20. The lowest BCUT2D eigenvalue weighted by atomic mass is 10.1. The Morgan fingerprint density at radius 3 is 2.87 bits per heavy atom. The van der Waals surface area contributed by atoms with Crippen LogP contribution in [0.4, 0.5) is 10.1 Å². The van der Waals surface area contributed by atoms with Gasteiger partial charge in [-0.05, 0) is 55.2 Å². The normalized spacial score (nSPS) is 10.9. The average molecular weight is 310 g/mol. The summed E-state index contributed by atoms with van der Waals surface area (Å²) in [6.07, 6.45) is 4.07. The minimum absolute atomic E-state index is 0.0421. The Morgan fingerprint density at radius 1 is 1.22 bits per heavy atom. The summed E-state index contributed by atoms with van der Waals surface area (Å²) in [5.41, 5.74) is 3.75. The van der Waals surface area contributed by atoms with Gasteiger partial charge >= 0.3 is 0 Å². The zero-order valence-corrected chi connectivity index (χ0v) is 13.0. The molecule has 0 saturated carbocycles. The van der Waals surface area contributed by atoms with Crippen LogP contribution in [0.3, 0.4) is 0 Å². The van der Waals surface area contributed by atoms with Crippen LogP contribution in [0.25, 0.3) is 10.9 Å². The number of fused-ring (bicyclic) bond motifs is 1. The minimum atomic E-state index is -0.292. The zero-order valence-electron chi connectivity index (χ0n) is 13.0. The number of carbonyl (C=O) groups is 1. The van der Waals surface area contributed by atoms with Gasteiger partial charge in [0.15, 0.2) is 0 Å². The summed E-state index contributed by atoms with van der Waals surface area (Å²) >= 11 is 0. The van der Waals surface area contributed by atoms with E-state index in [0.717, 1.165) is 23.9 Å². The highest BCUT2D eigenvalue weighted by Gasteiger charge is 2.07. The van der Waals surface area contributed by atoms with E-state index in [-0.39, 0.29) is 11.7 Å². The molecule has 0 aliphatic carbocycles. The lowest BCUT2D eigenvalue weighted by Crippen LogP contribution is -2.12. The van der Waals surface area contributed by atoms with Crippen LogP contribution in [0.2, 0.25) is 0 Å². The van der Waals surface area contributed by atoms with Gasteiger partial charge in [0, 0.05) is 29.2 Å². The Labute approximate surface area is 134 Å². The Kier molecular flexibility index (Phi) is 4.42. The molecule has 0 saturated heterocycles. The number of nitrogens with one attached hydrogen (secondary N) is 2. The zero-order chi connectivity index (χ0) is 16.2. The highest BCUT2D eigenvalue weighted by atomic mass is 19.1. The van der Waals surface area contributed by atoms with E-state index in [9.17, 15) is 9.18 Å². The van der Waals surface area contributed by atoms with Crippen LogP contribution < -0.4 is 5.32 Å². The predicted octanol–water partition coefficient (Wildman–Crippen LogP) is 4.58. The monoisotopic (exact) mass is 310 g/mol. The van der Waals surface area contributed by atoms with Gasteiger partial charge in [0.2, 0.25) is 5.91 Å². The van der Waals surface area contributed by atoms with Gasteiger partial charge in [-0.2, -0.15) is 0 Å². The Balaban J connectivity index is 1.55. The third kappa shape index (κ3) is 3.59. The summed E-state index contributed by atoms with van der Waals surface area (Å²) in [5.74, 6) is -0.334. The van der Waals surface area contributed by atoms with Crippen molar-refractivity contribution < 1.29 is 9.18 Å². The number of para-hydroxylation sites is 1. The van der Waals surface area contributed by atoms with Crippen molar-refractivity contribution in [2.75, 3.05) is 5.32 Å². The van der Waals surface area contributed by atoms with Crippen LogP contribution in [-0.2, 0) is 11.2 Å². The maximum atomic E-state index is 13.1. The standard InChI is InChI=1S/C19H19FN2O/c1-13-11-15(20)9-10-17(13)22-19(23)8-4-5-14-12-21-18-7-3-2-6-16(14)18/h2-3,6-7,9-12,21H,4-5,8H2,1H3,(H,22,23). The first-order chi connectivity index (χ1) is 11.1. The van der Waals surface area contributed by atoms with E-state index in [1.54, 1.807) is 13.0 Å². The Hall–Kier alpha value is -2.62. The van der Waals surface area contributed by atoms with Crippen molar-refractivity contribution in [3.8, 4) is 0 Å². The van der Waals surface area contributed by atoms with Gasteiger partial charge in [-0.1, -0.05) is 18.2 Å². The van der Waals surface area contributed by atoms with Crippen molar-refractivity contribution >= 4 is 22.5 Å². The SMILES string of the molecule is Cc1cc(F)ccc1NC(=O)CCCc1c[nH]c2ccccc12. The molecule has 2 aromatic carbocycles. The summed E-state index contributed by atoms with van der Waals surface area (Å²) in [4.78, 5) is 15.3. The number of H-pyrrole nitrogens is 1. The maximum absolute atomic E-state index is 13.1. The number of halogens is 1. The molecule has 1 amide bonds. The van der Waals surface area contributed by atoms with E-state index in [0.29, 0.717) is 12.1 Å². The number of hydrogen-bond donors (Lipinski definition) is 2. The molecule has 4 heteroatoms. The summed E-state index contributed by atoms with van der Waals surface area (Å²) in [6, 6.07) is 12.5. The number of hydrogen-bond acceptors (Lipinski definition) is 1. The van der Waals surface area contributed by atoms with Gasteiger partial charge in [0.25, 0.3) is 0 Å². The van der Waals surface area contributed by atoms with E-state index in [2.05, 4.69) is 16.4 Å². The second-order valence-electron chi connectivity index (χ2n) is 5.72. The maximum Gasteiger partial charge on any atom is 0.224 e. The summed E-state index contributed by atoms with van der Waals surface area (Å²) in [6.45, 7) is 1.78. The molecular formula is C19H19FN2O. The van der Waals surface area contributed by atoms with Crippen LogP contribution in [0.1, 0.15) is 24.0 Å². The van der Waals surface area contributed by atoms with Crippen molar-refractivity contribution in [2.45, 2.75) is 26.2 Å². The fourth-order valence-corrected chi connectivity index (χ4v) is 2.76. The van der Waals surface area contributed by atoms with E-state index >= 15 is 0 Å². The first-order valence-corrected chi connectivity index (χ1v) is 7.74. The fraction of sp³-hybridized carbons (Fsp3) is 0.211. The third-order valence-corrected chi connectivity index (χ3v) is 3.99. The van der Waals surface area contributed by atoms with E-state index in [1.807, 2.05) is 24.4 Å². The molecule has 3 nitrogen and oxygen atoms in total. The molecule has 3 aromatic rings. The molecule has 1 heterocycles. The molecule has 0 atom stereocenters. The van der Waals surface area contributed by atoms with Crippen molar-refractivity contribution in [2.24, 2.45) is 0 Å². The number of amides is 1. The molecule has 0 fully saturated rings. The Morgan fingerprint density at radius 2 is 2.04 bits per heavy atom. The van der Waals surface area contributed by atoms with Gasteiger partial charge in [-0.25, -0.2) is 4.39 Å². The average Bonchev–Trinajstić information content (AvgIpc) is 2.94. The molecule has 118 valence electrons. The molecule has 0 spiro atoms. The van der Waals surface area contributed by atoms with E-state index in [4.69, 9.17) is 0 Å².